The SMILES string of the molecule is CCCCCCOc1ccc(NC(=S)NC(=O)c2cc(Br)ccc2OC)cc1. The maximum Gasteiger partial charge on any atom is 0.261 e. The van der Waals surface area contributed by atoms with Crippen molar-refractivity contribution in [1.82, 2.24) is 5.32 Å². The van der Waals surface area contributed by atoms with Gasteiger partial charge in [-0.15, -0.1) is 0 Å². The van der Waals surface area contributed by atoms with Gasteiger partial charge in [0.05, 0.1) is 19.3 Å². The van der Waals surface area contributed by atoms with E-state index < -0.39 is 0 Å². The van der Waals surface area contributed by atoms with Crippen molar-refractivity contribution < 1.29 is 14.3 Å². The molecule has 7 heteroatoms. The predicted octanol–water partition coefficient (Wildman–Crippen LogP) is 5.54. The summed E-state index contributed by atoms with van der Waals surface area (Å²) < 4.78 is 11.7. The predicted molar refractivity (Wildman–Crippen MR) is 120 cm³/mol. The molecule has 2 aromatic rings. The summed E-state index contributed by atoms with van der Waals surface area (Å²) in [4.78, 5) is 12.5. The average molecular weight is 465 g/mol. The summed E-state index contributed by atoms with van der Waals surface area (Å²) in [5.74, 6) is 0.947. The zero-order valence-corrected chi connectivity index (χ0v) is 18.5. The number of anilines is 1. The molecule has 28 heavy (non-hydrogen) atoms. The molecule has 0 spiro atoms. The molecule has 0 aliphatic rings. The van der Waals surface area contributed by atoms with Crippen LogP contribution in [0.1, 0.15) is 43.0 Å². The third-order valence-electron chi connectivity index (χ3n) is 4.01. The summed E-state index contributed by atoms with van der Waals surface area (Å²) in [6.45, 7) is 2.91. The Morgan fingerprint density at radius 2 is 1.86 bits per heavy atom. The standard InChI is InChI=1S/C21H25BrN2O3S/c1-3-4-5-6-13-27-17-10-8-16(9-11-17)23-21(28)24-20(25)18-14-15(22)7-12-19(18)26-2/h7-12,14H,3-6,13H2,1-2H3,(H2,23,24,25,28). The molecule has 0 fully saturated rings. The molecule has 5 nitrogen and oxygen atoms in total. The van der Waals surface area contributed by atoms with Crippen LogP contribution >= 0.6 is 28.1 Å². The molecule has 0 bridgehead atoms. The summed E-state index contributed by atoms with van der Waals surface area (Å²) in [6, 6.07) is 12.7. The van der Waals surface area contributed by atoms with Gasteiger partial charge in [-0.05, 0) is 61.1 Å². The van der Waals surface area contributed by atoms with E-state index in [2.05, 4.69) is 33.5 Å². The van der Waals surface area contributed by atoms with Gasteiger partial charge >= 0.3 is 0 Å². The summed E-state index contributed by atoms with van der Waals surface area (Å²) in [5.41, 5.74) is 1.16. The van der Waals surface area contributed by atoms with E-state index in [-0.39, 0.29) is 11.0 Å². The summed E-state index contributed by atoms with van der Waals surface area (Å²) in [5, 5.41) is 5.87. The van der Waals surface area contributed by atoms with Crippen LogP contribution in [0.25, 0.3) is 0 Å². The Bertz CT molecular complexity index is 797. The third-order valence-corrected chi connectivity index (χ3v) is 4.71. The van der Waals surface area contributed by atoms with E-state index in [9.17, 15) is 4.79 Å². The third kappa shape index (κ3) is 7.13. The number of hydrogen-bond donors (Lipinski definition) is 2. The van der Waals surface area contributed by atoms with Gasteiger partial charge in [0.1, 0.15) is 11.5 Å². The molecule has 0 radical (unpaired) electrons. The molecule has 2 N–H and O–H groups in total. The fraction of sp³-hybridized carbons (Fsp3) is 0.333. The van der Waals surface area contributed by atoms with E-state index in [1.54, 1.807) is 18.2 Å². The number of methoxy groups -OCH3 is 1. The first kappa shape index (κ1) is 22.2. The molecule has 0 atom stereocenters. The van der Waals surface area contributed by atoms with Crippen LogP contribution in [0.15, 0.2) is 46.9 Å². The van der Waals surface area contributed by atoms with Gasteiger partial charge in [-0.25, -0.2) is 0 Å². The van der Waals surface area contributed by atoms with Gasteiger partial charge in [0, 0.05) is 10.2 Å². The van der Waals surface area contributed by atoms with E-state index in [1.165, 1.54) is 26.4 Å². The van der Waals surface area contributed by atoms with Crippen molar-refractivity contribution in [3.05, 3.63) is 52.5 Å². The number of rotatable bonds is 9. The van der Waals surface area contributed by atoms with Crippen LogP contribution in [-0.4, -0.2) is 24.7 Å². The summed E-state index contributed by atoms with van der Waals surface area (Å²) >= 11 is 8.60. The molecule has 2 rings (SSSR count). The molecule has 0 aliphatic heterocycles. The van der Waals surface area contributed by atoms with Crippen molar-refractivity contribution in [1.29, 1.82) is 0 Å². The lowest BCUT2D eigenvalue weighted by molar-refractivity contribution is 0.0974. The van der Waals surface area contributed by atoms with Gasteiger partial charge in [0.15, 0.2) is 5.11 Å². The number of thiocarbonyl (C=S) groups is 1. The molecular formula is C21H25BrN2O3S. The number of hydrogen-bond acceptors (Lipinski definition) is 4. The molecule has 1 amide bonds. The topological polar surface area (TPSA) is 59.6 Å². The van der Waals surface area contributed by atoms with Crippen molar-refractivity contribution in [2.75, 3.05) is 19.0 Å². The Morgan fingerprint density at radius 1 is 1.11 bits per heavy atom. The maximum atomic E-state index is 12.5. The molecule has 150 valence electrons. The van der Waals surface area contributed by atoms with Crippen molar-refractivity contribution in [2.24, 2.45) is 0 Å². The number of carbonyl (C=O) groups excluding carboxylic acids is 1. The molecule has 0 heterocycles. The van der Waals surface area contributed by atoms with Gasteiger partial charge in [-0.3, -0.25) is 10.1 Å². The van der Waals surface area contributed by atoms with Gasteiger partial charge in [0.25, 0.3) is 5.91 Å². The second kappa shape index (κ2) is 11.7. The number of amides is 1. The smallest absolute Gasteiger partial charge is 0.261 e. The second-order valence-corrected chi connectivity index (χ2v) is 7.51. The number of halogens is 1. The van der Waals surface area contributed by atoms with E-state index in [0.29, 0.717) is 11.3 Å². The van der Waals surface area contributed by atoms with Gasteiger partial charge in [-0.2, -0.15) is 0 Å². The van der Waals surface area contributed by atoms with Crippen LogP contribution in [0.4, 0.5) is 5.69 Å². The first-order chi connectivity index (χ1) is 13.5. The van der Waals surface area contributed by atoms with Crippen molar-refractivity contribution >= 4 is 44.9 Å². The Labute approximate surface area is 179 Å². The minimum absolute atomic E-state index is 0.209. The van der Waals surface area contributed by atoms with Crippen molar-refractivity contribution in [3.63, 3.8) is 0 Å². The lowest BCUT2D eigenvalue weighted by Crippen LogP contribution is -2.34. The monoisotopic (exact) mass is 464 g/mol. The molecule has 0 aromatic heterocycles. The summed E-state index contributed by atoms with van der Waals surface area (Å²) in [7, 11) is 1.52. The number of carbonyl (C=O) groups is 1. The van der Waals surface area contributed by atoms with Crippen LogP contribution in [0.5, 0.6) is 11.5 Å². The highest BCUT2D eigenvalue weighted by Crippen LogP contribution is 2.23. The molecule has 0 saturated heterocycles. The fourth-order valence-electron chi connectivity index (χ4n) is 2.54. The first-order valence-electron chi connectivity index (χ1n) is 9.22. The van der Waals surface area contributed by atoms with Gasteiger partial charge < -0.3 is 14.8 Å². The molecule has 0 saturated carbocycles. The lowest BCUT2D eigenvalue weighted by atomic mass is 10.2. The van der Waals surface area contributed by atoms with Crippen LogP contribution < -0.4 is 20.1 Å². The molecule has 0 aliphatic carbocycles. The molecule has 2 aromatic carbocycles. The zero-order chi connectivity index (χ0) is 20.4. The Morgan fingerprint density at radius 3 is 2.54 bits per heavy atom. The number of nitrogens with one attached hydrogen (secondary N) is 2. The minimum atomic E-state index is -0.345. The fourth-order valence-corrected chi connectivity index (χ4v) is 3.12. The van der Waals surface area contributed by atoms with Crippen molar-refractivity contribution in [3.8, 4) is 11.5 Å². The van der Waals surface area contributed by atoms with Crippen LogP contribution in [0, 0.1) is 0 Å². The lowest BCUT2D eigenvalue weighted by Gasteiger charge is -2.12. The van der Waals surface area contributed by atoms with Crippen LogP contribution in [0.2, 0.25) is 0 Å². The number of unbranched alkanes of at least 4 members (excludes halogenated alkanes) is 3. The van der Waals surface area contributed by atoms with E-state index >= 15 is 0 Å². The largest absolute Gasteiger partial charge is 0.496 e. The molecular weight excluding hydrogens is 440 g/mol. The minimum Gasteiger partial charge on any atom is -0.496 e. The van der Waals surface area contributed by atoms with E-state index in [1.807, 2.05) is 24.3 Å². The summed E-state index contributed by atoms with van der Waals surface area (Å²) in [6.07, 6.45) is 4.70. The highest BCUT2D eigenvalue weighted by Gasteiger charge is 2.14. The highest BCUT2D eigenvalue weighted by molar-refractivity contribution is 9.10. The van der Waals surface area contributed by atoms with E-state index in [4.69, 9.17) is 21.7 Å². The Hall–Kier alpha value is -2.12. The van der Waals surface area contributed by atoms with Gasteiger partial charge in [-0.1, -0.05) is 42.1 Å². The maximum absolute atomic E-state index is 12.5. The van der Waals surface area contributed by atoms with Gasteiger partial charge in [0.2, 0.25) is 0 Å². The second-order valence-electron chi connectivity index (χ2n) is 6.19. The van der Waals surface area contributed by atoms with Crippen LogP contribution in [0.3, 0.4) is 0 Å². The Balaban J connectivity index is 1.86. The first-order valence-corrected chi connectivity index (χ1v) is 10.4. The average Bonchev–Trinajstić information content (AvgIpc) is 2.69. The molecule has 0 unspecified atom stereocenters. The highest BCUT2D eigenvalue weighted by atomic mass is 79.9. The van der Waals surface area contributed by atoms with Crippen molar-refractivity contribution in [2.45, 2.75) is 32.6 Å². The quantitative estimate of drug-likeness (QED) is 0.376. The Kier molecular flexibility index (Phi) is 9.23. The normalized spacial score (nSPS) is 10.2. The number of benzene rings is 2. The number of ether oxygens (including phenoxy) is 2. The van der Waals surface area contributed by atoms with Crippen LogP contribution in [-0.2, 0) is 0 Å². The van der Waals surface area contributed by atoms with E-state index in [0.717, 1.165) is 28.9 Å². The zero-order valence-electron chi connectivity index (χ0n) is 16.1.